The van der Waals surface area contributed by atoms with Crippen LogP contribution in [0.25, 0.3) is 0 Å². The maximum atomic E-state index is 11.1. The maximum Gasteiger partial charge on any atom is 0.312 e. The van der Waals surface area contributed by atoms with E-state index in [1.165, 1.54) is 0 Å². The number of halogens is 1. The van der Waals surface area contributed by atoms with E-state index in [0.29, 0.717) is 13.0 Å². The topological polar surface area (TPSA) is 52.3 Å². The molecule has 1 rings (SSSR count). The summed E-state index contributed by atoms with van der Waals surface area (Å²) in [7, 11) is 0. The van der Waals surface area contributed by atoms with Gasteiger partial charge in [0.1, 0.15) is 0 Å². The van der Waals surface area contributed by atoms with E-state index in [2.05, 4.69) is 0 Å². The second kappa shape index (κ2) is 5.17. The molecule has 0 saturated carbocycles. The molecule has 70 valence electrons. The molecule has 0 radical (unpaired) electrons. The van der Waals surface area contributed by atoms with E-state index in [4.69, 9.17) is 10.5 Å². The number of carbonyl (C=O) groups is 1. The Morgan fingerprint density at radius 2 is 2.33 bits per heavy atom. The van der Waals surface area contributed by atoms with Crippen molar-refractivity contribution in [2.45, 2.75) is 19.4 Å². The van der Waals surface area contributed by atoms with Gasteiger partial charge in [-0.05, 0) is 13.3 Å². The first-order valence-electron chi connectivity index (χ1n) is 3.84. The second-order valence-electron chi connectivity index (χ2n) is 2.64. The zero-order valence-corrected chi connectivity index (χ0v) is 7.84. The fraction of sp³-hybridized carbons (Fsp3) is 0.625. The lowest BCUT2D eigenvalue weighted by molar-refractivity contribution is -0.146. The van der Waals surface area contributed by atoms with Crippen molar-refractivity contribution in [1.82, 2.24) is 0 Å². The molecule has 1 aliphatic carbocycles. The zero-order valence-electron chi connectivity index (χ0n) is 7.03. The van der Waals surface area contributed by atoms with Crippen LogP contribution in [0.4, 0.5) is 0 Å². The van der Waals surface area contributed by atoms with Crippen molar-refractivity contribution in [2.75, 3.05) is 6.61 Å². The fourth-order valence-corrected chi connectivity index (χ4v) is 1.15. The van der Waals surface area contributed by atoms with Gasteiger partial charge in [0.2, 0.25) is 0 Å². The van der Waals surface area contributed by atoms with Crippen molar-refractivity contribution in [3.05, 3.63) is 12.2 Å². The van der Waals surface area contributed by atoms with Crippen LogP contribution in [0.2, 0.25) is 0 Å². The average Bonchev–Trinajstić information content (AvgIpc) is 2.36. The molecule has 12 heavy (non-hydrogen) atoms. The van der Waals surface area contributed by atoms with Crippen molar-refractivity contribution in [2.24, 2.45) is 11.7 Å². The fourth-order valence-electron chi connectivity index (χ4n) is 1.15. The van der Waals surface area contributed by atoms with Crippen LogP contribution in [0.15, 0.2) is 12.2 Å². The number of nitrogens with two attached hydrogens (primary N) is 1. The molecule has 0 aromatic heterocycles. The van der Waals surface area contributed by atoms with Gasteiger partial charge in [0.25, 0.3) is 0 Å². The molecule has 0 fully saturated rings. The summed E-state index contributed by atoms with van der Waals surface area (Å²) in [5.41, 5.74) is 5.56. The van der Waals surface area contributed by atoms with Crippen LogP contribution in [-0.2, 0) is 9.53 Å². The molecule has 0 aromatic carbocycles. The minimum atomic E-state index is -0.156. The van der Waals surface area contributed by atoms with Crippen LogP contribution >= 0.6 is 12.4 Å². The van der Waals surface area contributed by atoms with Crippen LogP contribution in [0.3, 0.4) is 0 Å². The molecule has 0 amide bonds. The lowest BCUT2D eigenvalue weighted by atomic mass is 10.1. The Hall–Kier alpha value is -0.540. The van der Waals surface area contributed by atoms with E-state index in [1.54, 1.807) is 6.92 Å². The van der Waals surface area contributed by atoms with E-state index in [9.17, 15) is 4.79 Å². The summed E-state index contributed by atoms with van der Waals surface area (Å²) in [5, 5.41) is 0. The molecule has 0 aliphatic heterocycles. The minimum absolute atomic E-state index is 0. The van der Waals surface area contributed by atoms with Crippen LogP contribution in [-0.4, -0.2) is 18.6 Å². The first kappa shape index (κ1) is 11.5. The summed E-state index contributed by atoms with van der Waals surface area (Å²) in [4.78, 5) is 11.1. The molecule has 0 bridgehead atoms. The van der Waals surface area contributed by atoms with E-state index < -0.39 is 0 Å². The monoisotopic (exact) mass is 191 g/mol. The van der Waals surface area contributed by atoms with Crippen LogP contribution in [0.5, 0.6) is 0 Å². The number of rotatable bonds is 2. The van der Waals surface area contributed by atoms with Gasteiger partial charge in [0.05, 0.1) is 12.5 Å². The third kappa shape index (κ3) is 2.83. The molecule has 0 heterocycles. The normalized spacial score (nSPS) is 26.5. The van der Waals surface area contributed by atoms with Gasteiger partial charge in [-0.2, -0.15) is 0 Å². The molecule has 0 aromatic rings. The molecule has 2 N–H and O–H groups in total. The van der Waals surface area contributed by atoms with Gasteiger partial charge in [-0.3, -0.25) is 4.79 Å². The van der Waals surface area contributed by atoms with Gasteiger partial charge < -0.3 is 10.5 Å². The summed E-state index contributed by atoms with van der Waals surface area (Å²) >= 11 is 0. The average molecular weight is 192 g/mol. The summed E-state index contributed by atoms with van der Waals surface area (Å²) in [6.45, 7) is 2.24. The van der Waals surface area contributed by atoms with Crippen molar-refractivity contribution in [3.63, 3.8) is 0 Å². The third-order valence-corrected chi connectivity index (χ3v) is 1.71. The molecule has 3 nitrogen and oxygen atoms in total. The highest BCUT2D eigenvalue weighted by atomic mass is 35.5. The van der Waals surface area contributed by atoms with Crippen molar-refractivity contribution < 1.29 is 9.53 Å². The van der Waals surface area contributed by atoms with Crippen molar-refractivity contribution >= 4 is 18.4 Å². The summed E-state index contributed by atoms with van der Waals surface area (Å²) in [5.74, 6) is -0.262. The number of hydrogen-bond acceptors (Lipinski definition) is 3. The first-order chi connectivity index (χ1) is 5.24. The highest BCUT2D eigenvalue weighted by Crippen LogP contribution is 2.17. The molecule has 4 heteroatoms. The van der Waals surface area contributed by atoms with Gasteiger partial charge in [-0.25, -0.2) is 0 Å². The Balaban J connectivity index is 0.00000121. The maximum absolute atomic E-state index is 11.1. The third-order valence-electron chi connectivity index (χ3n) is 1.71. The molecular formula is C8H14ClNO2. The van der Waals surface area contributed by atoms with E-state index >= 15 is 0 Å². The predicted octanol–water partition coefficient (Wildman–Crippen LogP) is 0.875. The predicted molar refractivity (Wildman–Crippen MR) is 49.1 cm³/mol. The molecule has 2 unspecified atom stereocenters. The van der Waals surface area contributed by atoms with Crippen LogP contribution in [0, 0.1) is 5.92 Å². The van der Waals surface area contributed by atoms with E-state index in [1.807, 2.05) is 12.2 Å². The Morgan fingerprint density at radius 1 is 1.67 bits per heavy atom. The van der Waals surface area contributed by atoms with Gasteiger partial charge in [-0.1, -0.05) is 12.2 Å². The van der Waals surface area contributed by atoms with Gasteiger partial charge in [0, 0.05) is 6.04 Å². The lowest BCUT2D eigenvalue weighted by Gasteiger charge is -2.07. The Bertz CT molecular complexity index is 182. The van der Waals surface area contributed by atoms with Gasteiger partial charge in [0.15, 0.2) is 0 Å². The minimum Gasteiger partial charge on any atom is -0.466 e. The Kier molecular flexibility index (Phi) is 4.93. The van der Waals surface area contributed by atoms with Crippen LogP contribution in [0.1, 0.15) is 13.3 Å². The van der Waals surface area contributed by atoms with E-state index in [-0.39, 0.29) is 30.3 Å². The molecule has 2 atom stereocenters. The smallest absolute Gasteiger partial charge is 0.312 e. The standard InChI is InChI=1S/C8H13NO2.ClH/c1-2-11-8(10)6-3-4-7(9)5-6;/h3-4,6-7H,2,5,9H2,1H3;1H. The largest absolute Gasteiger partial charge is 0.466 e. The number of carbonyl (C=O) groups excluding carboxylic acids is 1. The first-order valence-corrected chi connectivity index (χ1v) is 3.84. The lowest BCUT2D eigenvalue weighted by Crippen LogP contribution is -2.20. The molecule has 0 spiro atoms. The highest BCUT2D eigenvalue weighted by Gasteiger charge is 2.23. The Morgan fingerprint density at radius 3 is 2.75 bits per heavy atom. The SMILES string of the molecule is CCOC(=O)C1C=CC(N)C1.Cl. The Labute approximate surface area is 78.4 Å². The zero-order chi connectivity index (χ0) is 8.27. The molecular weight excluding hydrogens is 178 g/mol. The van der Waals surface area contributed by atoms with Crippen LogP contribution < -0.4 is 5.73 Å². The summed E-state index contributed by atoms with van der Waals surface area (Å²) in [6.07, 6.45) is 4.36. The number of esters is 1. The van der Waals surface area contributed by atoms with Crippen molar-refractivity contribution in [1.29, 1.82) is 0 Å². The quantitative estimate of drug-likeness (QED) is 0.521. The summed E-state index contributed by atoms with van der Waals surface area (Å²) < 4.78 is 4.83. The number of hydrogen-bond donors (Lipinski definition) is 1. The van der Waals surface area contributed by atoms with Gasteiger partial charge >= 0.3 is 5.97 Å². The highest BCUT2D eigenvalue weighted by molar-refractivity contribution is 5.85. The molecule has 0 saturated heterocycles. The summed E-state index contributed by atoms with van der Waals surface area (Å²) in [6, 6.07) is 0.0319. The van der Waals surface area contributed by atoms with Gasteiger partial charge in [-0.15, -0.1) is 12.4 Å². The number of ether oxygens (including phenoxy) is 1. The van der Waals surface area contributed by atoms with E-state index in [0.717, 1.165) is 0 Å². The molecule has 1 aliphatic rings. The van der Waals surface area contributed by atoms with Crippen molar-refractivity contribution in [3.8, 4) is 0 Å². The second-order valence-corrected chi connectivity index (χ2v) is 2.64.